The van der Waals surface area contributed by atoms with Gasteiger partial charge in [-0.3, -0.25) is 0 Å². The predicted octanol–water partition coefficient (Wildman–Crippen LogP) is 4.29. The van der Waals surface area contributed by atoms with E-state index in [4.69, 9.17) is 14.5 Å². The summed E-state index contributed by atoms with van der Waals surface area (Å²) in [6.07, 6.45) is 0. The number of benzene rings is 2. The zero-order chi connectivity index (χ0) is 14.1. The lowest BCUT2D eigenvalue weighted by atomic mass is 10.1. The van der Waals surface area contributed by atoms with E-state index in [2.05, 4.69) is 13.0 Å². The van der Waals surface area contributed by atoms with Gasteiger partial charge in [0.25, 0.3) is 0 Å². The summed E-state index contributed by atoms with van der Waals surface area (Å²) in [5.74, 6) is 1.74. The zero-order valence-electron chi connectivity index (χ0n) is 11.6. The first-order valence-corrected chi connectivity index (χ1v) is 7.13. The summed E-state index contributed by atoms with van der Waals surface area (Å²) in [6.45, 7) is 2.06. The summed E-state index contributed by atoms with van der Waals surface area (Å²) in [6, 6.07) is 12.0. The van der Waals surface area contributed by atoms with Gasteiger partial charge in [-0.2, -0.15) is 0 Å². The van der Waals surface area contributed by atoms with Crippen LogP contribution >= 0.6 is 11.3 Å². The summed E-state index contributed by atoms with van der Waals surface area (Å²) in [5, 5.41) is 1.00. The Kier molecular flexibility index (Phi) is 3.32. The number of rotatable bonds is 3. The van der Waals surface area contributed by atoms with Crippen molar-refractivity contribution in [3.63, 3.8) is 0 Å². The van der Waals surface area contributed by atoms with Gasteiger partial charge < -0.3 is 9.47 Å². The standard InChI is InChI=1S/C16H15NO2S/c1-10-12(5-4-6-14(10)19-3)16-17-13-8-7-11(18-2)9-15(13)20-16/h4-9H,1-3H3. The SMILES string of the molecule is COc1ccc2nc(-c3cccc(OC)c3C)sc2c1. The van der Waals surface area contributed by atoms with Gasteiger partial charge in [-0.15, -0.1) is 11.3 Å². The third kappa shape index (κ3) is 2.12. The molecule has 0 saturated heterocycles. The Morgan fingerprint density at radius 3 is 2.65 bits per heavy atom. The fourth-order valence-electron chi connectivity index (χ4n) is 2.21. The van der Waals surface area contributed by atoms with Crippen LogP contribution in [0.25, 0.3) is 20.8 Å². The number of hydrogen-bond donors (Lipinski definition) is 0. The van der Waals surface area contributed by atoms with Crippen LogP contribution in [0, 0.1) is 6.92 Å². The van der Waals surface area contributed by atoms with Crippen LogP contribution in [0.3, 0.4) is 0 Å². The highest BCUT2D eigenvalue weighted by Crippen LogP contribution is 2.36. The third-order valence-electron chi connectivity index (χ3n) is 3.33. The van der Waals surface area contributed by atoms with Crippen LogP contribution in [0.2, 0.25) is 0 Å². The lowest BCUT2D eigenvalue weighted by Crippen LogP contribution is -1.89. The van der Waals surface area contributed by atoms with E-state index in [1.54, 1.807) is 25.6 Å². The van der Waals surface area contributed by atoms with Gasteiger partial charge in [-0.1, -0.05) is 12.1 Å². The van der Waals surface area contributed by atoms with E-state index in [1.165, 1.54) is 0 Å². The molecule has 0 aliphatic rings. The third-order valence-corrected chi connectivity index (χ3v) is 4.38. The Balaban J connectivity index is 2.15. The maximum Gasteiger partial charge on any atom is 0.125 e. The molecule has 0 radical (unpaired) electrons. The van der Waals surface area contributed by atoms with Gasteiger partial charge >= 0.3 is 0 Å². The molecule has 4 heteroatoms. The highest BCUT2D eigenvalue weighted by molar-refractivity contribution is 7.21. The second-order valence-electron chi connectivity index (χ2n) is 4.49. The molecule has 3 aromatic rings. The van der Waals surface area contributed by atoms with Crippen molar-refractivity contribution in [3.05, 3.63) is 42.0 Å². The Morgan fingerprint density at radius 2 is 1.90 bits per heavy atom. The van der Waals surface area contributed by atoms with Crippen LogP contribution in [-0.2, 0) is 0 Å². The molecular formula is C16H15NO2S. The van der Waals surface area contributed by atoms with E-state index in [9.17, 15) is 0 Å². The average molecular weight is 285 g/mol. The van der Waals surface area contributed by atoms with Crippen LogP contribution in [0.4, 0.5) is 0 Å². The van der Waals surface area contributed by atoms with Crippen LogP contribution in [0.1, 0.15) is 5.56 Å². The van der Waals surface area contributed by atoms with Crippen molar-refractivity contribution in [3.8, 4) is 22.1 Å². The molecule has 0 amide bonds. The number of nitrogens with zero attached hydrogens (tertiary/aromatic N) is 1. The number of ether oxygens (including phenoxy) is 2. The van der Waals surface area contributed by atoms with Crippen LogP contribution in [0.15, 0.2) is 36.4 Å². The molecule has 0 saturated carbocycles. The summed E-state index contributed by atoms with van der Waals surface area (Å²) in [5.41, 5.74) is 3.22. The smallest absolute Gasteiger partial charge is 0.125 e. The number of fused-ring (bicyclic) bond motifs is 1. The molecule has 0 fully saturated rings. The van der Waals surface area contributed by atoms with Crippen molar-refractivity contribution in [2.45, 2.75) is 6.92 Å². The lowest BCUT2D eigenvalue weighted by molar-refractivity contribution is 0.412. The molecule has 0 N–H and O–H groups in total. The first-order chi connectivity index (χ1) is 9.72. The minimum Gasteiger partial charge on any atom is -0.497 e. The van der Waals surface area contributed by atoms with Gasteiger partial charge in [0.2, 0.25) is 0 Å². The summed E-state index contributed by atoms with van der Waals surface area (Å²) in [4.78, 5) is 4.70. The minimum atomic E-state index is 0.857. The molecule has 1 aromatic heterocycles. The van der Waals surface area contributed by atoms with Crippen LogP contribution in [-0.4, -0.2) is 19.2 Å². The molecule has 1 heterocycles. The quantitative estimate of drug-likeness (QED) is 0.719. The molecule has 0 unspecified atom stereocenters. The van der Waals surface area contributed by atoms with E-state index >= 15 is 0 Å². The number of methoxy groups -OCH3 is 2. The molecule has 3 rings (SSSR count). The first kappa shape index (κ1) is 12.9. The van der Waals surface area contributed by atoms with Crippen molar-refractivity contribution < 1.29 is 9.47 Å². The fraction of sp³-hybridized carbons (Fsp3) is 0.188. The summed E-state index contributed by atoms with van der Waals surface area (Å²) < 4.78 is 11.8. The zero-order valence-corrected chi connectivity index (χ0v) is 12.5. The second kappa shape index (κ2) is 5.13. The monoisotopic (exact) mass is 285 g/mol. The Bertz CT molecular complexity index is 764. The topological polar surface area (TPSA) is 31.4 Å². The highest BCUT2D eigenvalue weighted by atomic mass is 32.1. The predicted molar refractivity (Wildman–Crippen MR) is 82.9 cm³/mol. The maximum absolute atomic E-state index is 5.37. The Labute approximate surface area is 121 Å². The van der Waals surface area contributed by atoms with Crippen molar-refractivity contribution in [1.29, 1.82) is 0 Å². The minimum absolute atomic E-state index is 0.857. The molecule has 2 aromatic carbocycles. The molecule has 0 aliphatic carbocycles. The van der Waals surface area contributed by atoms with Crippen molar-refractivity contribution >= 4 is 21.6 Å². The normalized spacial score (nSPS) is 10.8. The van der Waals surface area contributed by atoms with Gasteiger partial charge in [0.05, 0.1) is 24.4 Å². The fourth-order valence-corrected chi connectivity index (χ4v) is 3.29. The van der Waals surface area contributed by atoms with Gasteiger partial charge in [0, 0.05) is 11.1 Å². The Morgan fingerprint density at radius 1 is 1.05 bits per heavy atom. The molecule has 0 spiro atoms. The van der Waals surface area contributed by atoms with E-state index in [-0.39, 0.29) is 0 Å². The highest BCUT2D eigenvalue weighted by Gasteiger charge is 2.11. The molecule has 0 atom stereocenters. The van der Waals surface area contributed by atoms with Crippen molar-refractivity contribution in [2.75, 3.05) is 14.2 Å². The van der Waals surface area contributed by atoms with Gasteiger partial charge in [-0.25, -0.2) is 4.98 Å². The molecule has 20 heavy (non-hydrogen) atoms. The number of hydrogen-bond acceptors (Lipinski definition) is 4. The van der Waals surface area contributed by atoms with E-state index in [1.807, 2.05) is 30.3 Å². The van der Waals surface area contributed by atoms with Crippen molar-refractivity contribution in [1.82, 2.24) is 4.98 Å². The maximum atomic E-state index is 5.37. The number of thiazole rings is 1. The Hall–Kier alpha value is -2.07. The molecule has 3 nitrogen and oxygen atoms in total. The molecular weight excluding hydrogens is 270 g/mol. The van der Waals surface area contributed by atoms with E-state index in [0.29, 0.717) is 0 Å². The van der Waals surface area contributed by atoms with Crippen molar-refractivity contribution in [2.24, 2.45) is 0 Å². The average Bonchev–Trinajstić information content (AvgIpc) is 2.89. The second-order valence-corrected chi connectivity index (χ2v) is 5.52. The van der Waals surface area contributed by atoms with Crippen LogP contribution < -0.4 is 9.47 Å². The van der Waals surface area contributed by atoms with Gasteiger partial charge in [0.15, 0.2) is 0 Å². The summed E-state index contributed by atoms with van der Waals surface area (Å²) in [7, 11) is 3.37. The van der Waals surface area contributed by atoms with Gasteiger partial charge in [-0.05, 0) is 31.2 Å². The summed E-state index contributed by atoms with van der Waals surface area (Å²) >= 11 is 1.67. The van der Waals surface area contributed by atoms with Crippen LogP contribution in [0.5, 0.6) is 11.5 Å². The molecule has 0 aliphatic heterocycles. The number of aromatic nitrogens is 1. The van der Waals surface area contributed by atoms with Gasteiger partial charge in [0.1, 0.15) is 16.5 Å². The van der Waals surface area contributed by atoms with E-state index in [0.717, 1.165) is 37.9 Å². The lowest BCUT2D eigenvalue weighted by Gasteiger charge is -2.07. The first-order valence-electron chi connectivity index (χ1n) is 6.31. The largest absolute Gasteiger partial charge is 0.497 e. The molecule has 0 bridgehead atoms. The molecule has 102 valence electrons. The van der Waals surface area contributed by atoms with E-state index < -0.39 is 0 Å².